The molecule has 0 radical (unpaired) electrons. The van der Waals surface area contributed by atoms with Crippen LogP contribution in [0.25, 0.3) is 10.9 Å². The second-order valence-electron chi connectivity index (χ2n) is 6.81. The second-order valence-corrected chi connectivity index (χ2v) is 6.81. The maximum Gasteiger partial charge on any atom is 0.224 e. The molecule has 1 fully saturated rings. The number of amides is 1. The number of nitrogens with one attached hydrogen (secondary N) is 1. The van der Waals surface area contributed by atoms with Crippen LogP contribution in [0.4, 0.5) is 0 Å². The average molecular weight is 337 g/mol. The number of rotatable bonds is 5. The monoisotopic (exact) mass is 337 g/mol. The molecule has 1 N–H and O–H groups in total. The largest absolute Gasteiger partial charge is 0.342 e. The summed E-state index contributed by atoms with van der Waals surface area (Å²) in [4.78, 5) is 14.7. The standard InChI is InChI=1S/C19H23N5O/c25-19(8-11-24-18-6-2-1-5-16(18)13-21-24)23-10-3-4-15(14-23)12-17-7-9-20-22-17/h1-2,5-7,9,13,15H,3-4,8,10-12,14H2,(H,20,22). The lowest BCUT2D eigenvalue weighted by Gasteiger charge is -2.32. The van der Waals surface area contributed by atoms with Crippen LogP contribution in [-0.4, -0.2) is 43.9 Å². The van der Waals surface area contributed by atoms with Crippen molar-refractivity contribution in [1.29, 1.82) is 0 Å². The number of aromatic nitrogens is 4. The Morgan fingerprint density at radius 1 is 1.28 bits per heavy atom. The quantitative estimate of drug-likeness (QED) is 0.778. The van der Waals surface area contributed by atoms with E-state index in [1.54, 1.807) is 6.20 Å². The molecule has 1 aromatic carbocycles. The van der Waals surface area contributed by atoms with Crippen LogP contribution in [0, 0.1) is 5.92 Å². The maximum absolute atomic E-state index is 12.6. The SMILES string of the molecule is O=C(CCn1ncc2ccccc21)N1CCCC(Cc2ccn[nH]2)C1. The molecule has 0 bridgehead atoms. The fraction of sp³-hybridized carbons (Fsp3) is 0.421. The molecule has 130 valence electrons. The Labute approximate surface area is 146 Å². The van der Waals surface area contributed by atoms with Crippen LogP contribution in [0.5, 0.6) is 0 Å². The van der Waals surface area contributed by atoms with Crippen LogP contribution in [-0.2, 0) is 17.8 Å². The number of benzene rings is 1. The first-order chi connectivity index (χ1) is 12.3. The van der Waals surface area contributed by atoms with Crippen LogP contribution in [0.15, 0.2) is 42.7 Å². The van der Waals surface area contributed by atoms with Crippen molar-refractivity contribution in [3.63, 3.8) is 0 Å². The van der Waals surface area contributed by atoms with Gasteiger partial charge in [0.1, 0.15) is 0 Å². The molecule has 1 aliphatic rings. The number of carbonyl (C=O) groups is 1. The van der Waals surface area contributed by atoms with Crippen LogP contribution in [0.3, 0.4) is 0 Å². The van der Waals surface area contributed by atoms with E-state index in [2.05, 4.69) is 15.3 Å². The predicted octanol–water partition coefficient (Wildman–Crippen LogP) is 2.63. The summed E-state index contributed by atoms with van der Waals surface area (Å²) >= 11 is 0. The van der Waals surface area contributed by atoms with Gasteiger partial charge in [0.15, 0.2) is 0 Å². The third-order valence-corrected chi connectivity index (χ3v) is 5.03. The van der Waals surface area contributed by atoms with Crippen molar-refractivity contribution in [2.45, 2.75) is 32.2 Å². The molecular formula is C19H23N5O. The summed E-state index contributed by atoms with van der Waals surface area (Å²) in [7, 11) is 0. The van der Waals surface area contributed by atoms with Gasteiger partial charge >= 0.3 is 0 Å². The highest BCUT2D eigenvalue weighted by molar-refractivity contribution is 5.79. The van der Waals surface area contributed by atoms with Gasteiger partial charge in [-0.1, -0.05) is 18.2 Å². The number of hydrogen-bond acceptors (Lipinski definition) is 3. The normalized spacial score (nSPS) is 17.9. The molecule has 0 aliphatic carbocycles. The van der Waals surface area contributed by atoms with Crippen LogP contribution < -0.4 is 0 Å². The van der Waals surface area contributed by atoms with Gasteiger partial charge in [0.25, 0.3) is 0 Å². The Kier molecular flexibility index (Phi) is 4.50. The first-order valence-electron chi connectivity index (χ1n) is 8.96. The number of hydrogen-bond donors (Lipinski definition) is 1. The Balaban J connectivity index is 1.34. The lowest BCUT2D eigenvalue weighted by molar-refractivity contribution is -0.133. The zero-order valence-electron chi connectivity index (χ0n) is 14.3. The van der Waals surface area contributed by atoms with Crippen molar-refractivity contribution >= 4 is 16.8 Å². The smallest absolute Gasteiger partial charge is 0.224 e. The number of aromatic amines is 1. The fourth-order valence-electron chi connectivity index (χ4n) is 3.73. The van der Waals surface area contributed by atoms with Gasteiger partial charge in [0.2, 0.25) is 5.91 Å². The van der Waals surface area contributed by atoms with Gasteiger partial charge in [-0.15, -0.1) is 0 Å². The lowest BCUT2D eigenvalue weighted by Crippen LogP contribution is -2.40. The zero-order valence-corrected chi connectivity index (χ0v) is 14.3. The Morgan fingerprint density at radius 2 is 2.20 bits per heavy atom. The van der Waals surface area contributed by atoms with Crippen LogP contribution in [0.2, 0.25) is 0 Å². The molecule has 3 aromatic rings. The Morgan fingerprint density at radius 3 is 3.08 bits per heavy atom. The molecule has 3 heterocycles. The van der Waals surface area contributed by atoms with Crippen molar-refractivity contribution in [1.82, 2.24) is 24.9 Å². The molecule has 0 saturated carbocycles. The molecule has 2 aromatic heterocycles. The molecule has 1 unspecified atom stereocenters. The Hall–Kier alpha value is -2.63. The highest BCUT2D eigenvalue weighted by atomic mass is 16.2. The minimum atomic E-state index is 0.230. The van der Waals surface area contributed by atoms with Gasteiger partial charge in [-0.05, 0) is 37.3 Å². The number of para-hydroxylation sites is 1. The molecule has 1 aliphatic heterocycles. The fourth-order valence-corrected chi connectivity index (χ4v) is 3.73. The van der Waals surface area contributed by atoms with Crippen LogP contribution >= 0.6 is 0 Å². The summed E-state index contributed by atoms with van der Waals surface area (Å²) in [5.74, 6) is 0.748. The number of aryl methyl sites for hydroxylation is 1. The van der Waals surface area contributed by atoms with Crippen molar-refractivity contribution < 1.29 is 4.79 Å². The van der Waals surface area contributed by atoms with Crippen molar-refractivity contribution in [2.75, 3.05) is 13.1 Å². The number of carbonyl (C=O) groups excluding carboxylic acids is 1. The second kappa shape index (κ2) is 7.09. The summed E-state index contributed by atoms with van der Waals surface area (Å²) < 4.78 is 1.93. The topological polar surface area (TPSA) is 66.8 Å². The zero-order chi connectivity index (χ0) is 17.1. The molecule has 6 nitrogen and oxygen atoms in total. The van der Waals surface area contributed by atoms with E-state index in [1.165, 1.54) is 6.42 Å². The van der Waals surface area contributed by atoms with Gasteiger partial charge in [-0.3, -0.25) is 14.6 Å². The van der Waals surface area contributed by atoms with E-state index < -0.39 is 0 Å². The van der Waals surface area contributed by atoms with Crippen molar-refractivity contribution in [3.8, 4) is 0 Å². The summed E-state index contributed by atoms with van der Waals surface area (Å²) in [5.41, 5.74) is 2.24. The third-order valence-electron chi connectivity index (χ3n) is 5.03. The van der Waals surface area contributed by atoms with Gasteiger partial charge in [-0.25, -0.2) is 0 Å². The first-order valence-corrected chi connectivity index (χ1v) is 8.96. The Bertz CT molecular complexity index is 839. The maximum atomic E-state index is 12.6. The van der Waals surface area contributed by atoms with E-state index in [0.29, 0.717) is 18.9 Å². The average Bonchev–Trinajstić information content (AvgIpc) is 3.30. The number of piperidine rings is 1. The summed E-state index contributed by atoms with van der Waals surface area (Å²) in [6, 6.07) is 10.1. The third kappa shape index (κ3) is 3.57. The summed E-state index contributed by atoms with van der Waals surface area (Å²) in [6.07, 6.45) is 7.37. The van der Waals surface area contributed by atoms with Crippen molar-refractivity contribution in [3.05, 3.63) is 48.4 Å². The minimum absolute atomic E-state index is 0.230. The number of likely N-dealkylation sites (tertiary alicyclic amines) is 1. The lowest BCUT2D eigenvalue weighted by atomic mass is 9.93. The molecule has 1 atom stereocenters. The first kappa shape index (κ1) is 15.9. The number of nitrogens with zero attached hydrogens (tertiary/aromatic N) is 4. The van der Waals surface area contributed by atoms with E-state index in [-0.39, 0.29) is 5.91 Å². The molecule has 6 heteroatoms. The molecule has 4 rings (SSSR count). The van der Waals surface area contributed by atoms with Gasteiger partial charge in [0.05, 0.1) is 18.3 Å². The van der Waals surface area contributed by atoms with E-state index in [0.717, 1.165) is 42.5 Å². The van der Waals surface area contributed by atoms with Gasteiger partial charge < -0.3 is 4.90 Å². The molecule has 0 spiro atoms. The van der Waals surface area contributed by atoms with E-state index >= 15 is 0 Å². The van der Waals surface area contributed by atoms with Crippen molar-refractivity contribution in [2.24, 2.45) is 5.92 Å². The summed E-state index contributed by atoms with van der Waals surface area (Å²) in [5, 5.41) is 12.6. The number of fused-ring (bicyclic) bond motifs is 1. The minimum Gasteiger partial charge on any atom is -0.342 e. The molecule has 1 saturated heterocycles. The van der Waals surface area contributed by atoms with E-state index in [1.807, 2.05) is 46.1 Å². The highest BCUT2D eigenvalue weighted by Gasteiger charge is 2.24. The van der Waals surface area contributed by atoms with Gasteiger partial charge in [0, 0.05) is 36.8 Å². The highest BCUT2D eigenvalue weighted by Crippen LogP contribution is 2.21. The van der Waals surface area contributed by atoms with Gasteiger partial charge in [-0.2, -0.15) is 10.2 Å². The van der Waals surface area contributed by atoms with Crippen LogP contribution in [0.1, 0.15) is 25.0 Å². The molecular weight excluding hydrogens is 314 g/mol. The molecule has 25 heavy (non-hydrogen) atoms. The van der Waals surface area contributed by atoms with E-state index in [9.17, 15) is 4.79 Å². The number of H-pyrrole nitrogens is 1. The molecule has 1 amide bonds. The summed E-state index contributed by atoms with van der Waals surface area (Å²) in [6.45, 7) is 2.35. The predicted molar refractivity (Wildman–Crippen MR) is 95.9 cm³/mol. The van der Waals surface area contributed by atoms with E-state index in [4.69, 9.17) is 0 Å².